The molecule has 0 aliphatic heterocycles. The number of unbranched alkanes of at least 4 members (excludes halogenated alkanes) is 1. The van der Waals surface area contributed by atoms with Gasteiger partial charge in [0.1, 0.15) is 10.6 Å². The summed E-state index contributed by atoms with van der Waals surface area (Å²) in [6.07, 6.45) is 7.00. The second-order valence-electron chi connectivity index (χ2n) is 5.40. The summed E-state index contributed by atoms with van der Waals surface area (Å²) in [6.45, 7) is 6.62. The maximum absolute atomic E-state index is 6.09. The van der Waals surface area contributed by atoms with E-state index in [9.17, 15) is 0 Å². The van der Waals surface area contributed by atoms with Crippen LogP contribution >= 0.6 is 22.9 Å². The SMILES string of the molecule is CCCCC(CCC)Nc1nc(Cl)nc2sc(CC)cc12. The van der Waals surface area contributed by atoms with Crippen LogP contribution in [-0.4, -0.2) is 16.0 Å². The third-order valence-electron chi connectivity index (χ3n) is 3.65. The van der Waals surface area contributed by atoms with Crippen molar-refractivity contribution < 1.29 is 0 Å². The minimum absolute atomic E-state index is 0.334. The molecule has 0 amide bonds. The van der Waals surface area contributed by atoms with Crippen LogP contribution in [0.2, 0.25) is 5.28 Å². The van der Waals surface area contributed by atoms with Gasteiger partial charge in [0, 0.05) is 10.9 Å². The van der Waals surface area contributed by atoms with Gasteiger partial charge in [-0.3, -0.25) is 0 Å². The first-order valence-electron chi connectivity index (χ1n) is 7.90. The Morgan fingerprint density at radius 3 is 2.67 bits per heavy atom. The van der Waals surface area contributed by atoms with Crippen molar-refractivity contribution in [3.05, 3.63) is 16.2 Å². The van der Waals surface area contributed by atoms with Crippen LogP contribution in [0.4, 0.5) is 5.82 Å². The molecule has 2 aromatic rings. The van der Waals surface area contributed by atoms with E-state index < -0.39 is 0 Å². The summed E-state index contributed by atoms with van der Waals surface area (Å²) in [5, 5.41) is 5.05. The quantitative estimate of drug-likeness (QED) is 0.635. The zero-order chi connectivity index (χ0) is 15.2. The van der Waals surface area contributed by atoms with Gasteiger partial charge in [0.15, 0.2) is 0 Å². The molecule has 0 bridgehead atoms. The number of fused-ring (bicyclic) bond motifs is 1. The fraction of sp³-hybridized carbons (Fsp3) is 0.625. The molecular formula is C16H24ClN3S. The second-order valence-corrected chi connectivity index (χ2v) is 6.85. The van der Waals surface area contributed by atoms with Gasteiger partial charge in [-0.05, 0) is 36.9 Å². The predicted octanol–water partition coefficient (Wildman–Crippen LogP) is 5.68. The average Bonchev–Trinajstić information content (AvgIpc) is 2.88. The Bertz CT molecular complexity index is 582. The lowest BCUT2D eigenvalue weighted by Gasteiger charge is -2.19. The Morgan fingerprint density at radius 2 is 2.00 bits per heavy atom. The third-order valence-corrected chi connectivity index (χ3v) is 4.99. The molecule has 2 heterocycles. The third kappa shape index (κ3) is 4.30. The van der Waals surface area contributed by atoms with Gasteiger partial charge in [-0.1, -0.05) is 40.0 Å². The van der Waals surface area contributed by atoms with E-state index in [0.717, 1.165) is 28.9 Å². The molecule has 1 N–H and O–H groups in total. The van der Waals surface area contributed by atoms with Crippen molar-refractivity contribution in [2.75, 3.05) is 5.32 Å². The minimum atomic E-state index is 0.334. The molecule has 5 heteroatoms. The average molecular weight is 326 g/mol. The summed E-state index contributed by atoms with van der Waals surface area (Å²) < 4.78 is 0. The molecule has 0 radical (unpaired) electrons. The van der Waals surface area contributed by atoms with Crippen LogP contribution in [0.1, 0.15) is 57.8 Å². The molecule has 0 saturated heterocycles. The molecule has 0 spiro atoms. The van der Waals surface area contributed by atoms with Crippen LogP contribution in [0.25, 0.3) is 10.2 Å². The van der Waals surface area contributed by atoms with Gasteiger partial charge in [0.2, 0.25) is 5.28 Å². The highest BCUT2D eigenvalue weighted by Crippen LogP contribution is 2.31. The van der Waals surface area contributed by atoms with Crippen LogP contribution in [-0.2, 0) is 6.42 Å². The summed E-state index contributed by atoms with van der Waals surface area (Å²) >= 11 is 7.79. The first-order chi connectivity index (χ1) is 10.2. The van der Waals surface area contributed by atoms with Crippen molar-refractivity contribution in [3.8, 4) is 0 Å². The molecule has 0 aromatic carbocycles. The topological polar surface area (TPSA) is 37.8 Å². The first-order valence-corrected chi connectivity index (χ1v) is 9.09. The molecular weight excluding hydrogens is 302 g/mol. The van der Waals surface area contributed by atoms with Gasteiger partial charge >= 0.3 is 0 Å². The van der Waals surface area contributed by atoms with Crippen LogP contribution in [0, 0.1) is 0 Å². The molecule has 116 valence electrons. The fourth-order valence-electron chi connectivity index (χ4n) is 2.51. The van der Waals surface area contributed by atoms with Gasteiger partial charge in [-0.15, -0.1) is 11.3 Å². The number of hydrogen-bond donors (Lipinski definition) is 1. The van der Waals surface area contributed by atoms with Crippen LogP contribution in [0.5, 0.6) is 0 Å². The number of nitrogens with zero attached hydrogens (tertiary/aromatic N) is 2. The van der Waals surface area contributed by atoms with Gasteiger partial charge in [-0.25, -0.2) is 9.97 Å². The smallest absolute Gasteiger partial charge is 0.225 e. The minimum Gasteiger partial charge on any atom is -0.367 e. The first kappa shape index (κ1) is 16.5. The normalized spacial score (nSPS) is 12.8. The molecule has 21 heavy (non-hydrogen) atoms. The number of rotatable bonds is 8. The Morgan fingerprint density at radius 1 is 1.19 bits per heavy atom. The number of thiophene rings is 1. The standard InChI is InChI=1S/C16H24ClN3S/c1-4-7-9-11(8-5-2)18-14-13-10-12(6-3)21-15(13)20-16(17)19-14/h10-11H,4-9H2,1-3H3,(H,18,19,20). The fourth-order valence-corrected chi connectivity index (χ4v) is 3.70. The molecule has 3 nitrogen and oxygen atoms in total. The maximum atomic E-state index is 6.09. The number of aromatic nitrogens is 2. The van der Waals surface area contributed by atoms with Crippen molar-refractivity contribution in [2.45, 2.75) is 65.3 Å². The zero-order valence-corrected chi connectivity index (χ0v) is 14.7. The van der Waals surface area contributed by atoms with E-state index in [1.165, 1.54) is 30.6 Å². The van der Waals surface area contributed by atoms with E-state index in [1.807, 2.05) is 0 Å². The summed E-state index contributed by atoms with van der Waals surface area (Å²) in [5.41, 5.74) is 0. The predicted molar refractivity (Wildman–Crippen MR) is 93.6 cm³/mol. The van der Waals surface area contributed by atoms with E-state index in [1.54, 1.807) is 11.3 Å². The van der Waals surface area contributed by atoms with E-state index in [2.05, 4.69) is 42.1 Å². The number of halogens is 1. The molecule has 0 fully saturated rings. The highest BCUT2D eigenvalue weighted by molar-refractivity contribution is 7.18. The number of nitrogens with one attached hydrogen (secondary N) is 1. The largest absolute Gasteiger partial charge is 0.367 e. The molecule has 0 aliphatic rings. The molecule has 1 unspecified atom stereocenters. The molecule has 1 atom stereocenters. The van der Waals surface area contributed by atoms with E-state index in [4.69, 9.17) is 11.6 Å². The van der Waals surface area contributed by atoms with Gasteiger partial charge in [0.05, 0.1) is 5.39 Å². The molecule has 0 aliphatic carbocycles. The van der Waals surface area contributed by atoms with Crippen molar-refractivity contribution >= 4 is 39.0 Å². The van der Waals surface area contributed by atoms with Crippen LogP contribution in [0.15, 0.2) is 6.07 Å². The molecule has 2 rings (SSSR count). The van der Waals surface area contributed by atoms with Crippen molar-refractivity contribution in [3.63, 3.8) is 0 Å². The summed E-state index contributed by atoms with van der Waals surface area (Å²) in [6, 6.07) is 2.66. The lowest BCUT2D eigenvalue weighted by Crippen LogP contribution is -2.20. The summed E-state index contributed by atoms with van der Waals surface area (Å²) in [4.78, 5) is 11.1. The van der Waals surface area contributed by atoms with Crippen LogP contribution in [0.3, 0.4) is 0 Å². The van der Waals surface area contributed by atoms with E-state index >= 15 is 0 Å². The van der Waals surface area contributed by atoms with Gasteiger partial charge in [0.25, 0.3) is 0 Å². The Balaban J connectivity index is 2.28. The number of hydrogen-bond acceptors (Lipinski definition) is 4. The van der Waals surface area contributed by atoms with Crippen molar-refractivity contribution in [1.29, 1.82) is 0 Å². The van der Waals surface area contributed by atoms with Crippen molar-refractivity contribution in [2.24, 2.45) is 0 Å². The lowest BCUT2D eigenvalue weighted by molar-refractivity contribution is 0.563. The monoisotopic (exact) mass is 325 g/mol. The van der Waals surface area contributed by atoms with E-state index in [0.29, 0.717) is 11.3 Å². The van der Waals surface area contributed by atoms with Crippen LogP contribution < -0.4 is 5.32 Å². The van der Waals surface area contributed by atoms with Gasteiger partial charge < -0.3 is 5.32 Å². The second kappa shape index (κ2) is 7.95. The summed E-state index contributed by atoms with van der Waals surface area (Å²) in [7, 11) is 0. The Hall–Kier alpha value is -0.870. The number of anilines is 1. The zero-order valence-electron chi connectivity index (χ0n) is 13.1. The van der Waals surface area contributed by atoms with E-state index in [-0.39, 0.29) is 0 Å². The maximum Gasteiger partial charge on any atom is 0.225 e. The highest BCUT2D eigenvalue weighted by Gasteiger charge is 2.14. The molecule has 0 saturated carbocycles. The summed E-state index contributed by atoms with van der Waals surface area (Å²) in [5.74, 6) is 0.899. The Labute approximate surface area is 136 Å². The van der Waals surface area contributed by atoms with Gasteiger partial charge in [-0.2, -0.15) is 0 Å². The highest BCUT2D eigenvalue weighted by atomic mass is 35.5. The number of aryl methyl sites for hydroxylation is 1. The van der Waals surface area contributed by atoms with Crippen molar-refractivity contribution in [1.82, 2.24) is 9.97 Å². The lowest BCUT2D eigenvalue weighted by atomic mass is 10.1. The Kier molecular flexibility index (Phi) is 6.24. The molecule has 2 aromatic heterocycles.